The molecule has 1 aliphatic rings. The molecule has 0 aliphatic carbocycles. The average Bonchev–Trinajstić information content (AvgIpc) is 3.22. The molecule has 0 fully saturated rings. The monoisotopic (exact) mass is 323 g/mol. The third-order valence-electron chi connectivity index (χ3n) is 4.00. The minimum Gasteiger partial charge on any atom is -0.480 e. The van der Waals surface area contributed by atoms with Crippen LogP contribution in [0.2, 0.25) is 0 Å². The van der Waals surface area contributed by atoms with E-state index in [0.717, 1.165) is 29.1 Å². The lowest BCUT2D eigenvalue weighted by Gasteiger charge is -2.09. The highest BCUT2D eigenvalue weighted by molar-refractivity contribution is 5.49. The lowest BCUT2D eigenvalue weighted by atomic mass is 10.1. The molecule has 1 aromatic carbocycles. The van der Waals surface area contributed by atoms with Crippen LogP contribution < -0.4 is 9.64 Å². The fourth-order valence-corrected chi connectivity index (χ4v) is 2.70. The second-order valence-electron chi connectivity index (χ2n) is 5.98. The van der Waals surface area contributed by atoms with Crippen molar-refractivity contribution in [2.45, 2.75) is 19.4 Å². The molecule has 0 amide bonds. The zero-order valence-corrected chi connectivity index (χ0v) is 13.7. The van der Waals surface area contributed by atoms with E-state index in [1.165, 1.54) is 0 Å². The standard InChI is InChI=1S/C17H17N5O2/c1-10-5-4-6-11-7-13(23-15(10)11)17-20-16(21-24-17)12-8-19-14(9-18-12)22(2)3/h4-6,8-9,13H,7H2,1-3H3. The summed E-state index contributed by atoms with van der Waals surface area (Å²) in [7, 11) is 3.82. The first-order valence-electron chi connectivity index (χ1n) is 7.70. The number of para-hydroxylation sites is 1. The summed E-state index contributed by atoms with van der Waals surface area (Å²) in [4.78, 5) is 15.0. The lowest BCUT2D eigenvalue weighted by Crippen LogP contribution is -2.10. The molecule has 0 saturated carbocycles. The van der Waals surface area contributed by atoms with Crippen LogP contribution in [0.1, 0.15) is 23.1 Å². The number of aryl methyl sites for hydroxylation is 1. The first-order valence-corrected chi connectivity index (χ1v) is 7.70. The molecule has 24 heavy (non-hydrogen) atoms. The summed E-state index contributed by atoms with van der Waals surface area (Å²) in [5.74, 6) is 2.56. The molecule has 122 valence electrons. The Morgan fingerprint density at radius 2 is 2.04 bits per heavy atom. The summed E-state index contributed by atoms with van der Waals surface area (Å²) in [5.41, 5.74) is 2.84. The Hall–Kier alpha value is -2.96. The molecule has 0 saturated heterocycles. The number of rotatable bonds is 3. The maximum atomic E-state index is 5.98. The number of ether oxygens (including phenoxy) is 1. The zero-order valence-electron chi connectivity index (χ0n) is 13.7. The van der Waals surface area contributed by atoms with Crippen LogP contribution in [0.15, 0.2) is 35.1 Å². The molecule has 0 bridgehead atoms. The van der Waals surface area contributed by atoms with Crippen molar-refractivity contribution >= 4 is 5.82 Å². The summed E-state index contributed by atoms with van der Waals surface area (Å²) >= 11 is 0. The number of hydrogen-bond donors (Lipinski definition) is 0. The van der Waals surface area contributed by atoms with Crippen LogP contribution in [0.3, 0.4) is 0 Å². The number of nitrogens with zero attached hydrogens (tertiary/aromatic N) is 5. The van der Waals surface area contributed by atoms with Crippen molar-refractivity contribution in [1.82, 2.24) is 20.1 Å². The Labute approximate surface area is 139 Å². The quantitative estimate of drug-likeness (QED) is 0.733. The van der Waals surface area contributed by atoms with E-state index in [0.29, 0.717) is 17.4 Å². The Kier molecular flexibility index (Phi) is 3.41. The largest absolute Gasteiger partial charge is 0.480 e. The van der Waals surface area contributed by atoms with Crippen LogP contribution in [0.5, 0.6) is 5.75 Å². The highest BCUT2D eigenvalue weighted by Gasteiger charge is 2.30. The van der Waals surface area contributed by atoms with E-state index in [2.05, 4.69) is 26.2 Å². The van der Waals surface area contributed by atoms with Crippen molar-refractivity contribution in [3.63, 3.8) is 0 Å². The summed E-state index contributed by atoms with van der Waals surface area (Å²) < 4.78 is 11.4. The molecule has 2 aromatic heterocycles. The van der Waals surface area contributed by atoms with E-state index in [1.807, 2.05) is 38.1 Å². The second-order valence-corrected chi connectivity index (χ2v) is 5.98. The third kappa shape index (κ3) is 2.47. The Balaban J connectivity index is 1.57. The summed E-state index contributed by atoms with van der Waals surface area (Å²) in [6, 6.07) is 6.12. The number of fused-ring (bicyclic) bond motifs is 1. The topological polar surface area (TPSA) is 77.2 Å². The Bertz CT molecular complexity index is 873. The zero-order chi connectivity index (χ0) is 16.7. The van der Waals surface area contributed by atoms with Gasteiger partial charge in [-0.15, -0.1) is 0 Å². The fraction of sp³-hybridized carbons (Fsp3) is 0.294. The van der Waals surface area contributed by atoms with Gasteiger partial charge in [-0.05, 0) is 18.1 Å². The minimum atomic E-state index is -0.253. The normalized spacial score (nSPS) is 15.9. The maximum Gasteiger partial charge on any atom is 0.268 e. The molecule has 3 aromatic rings. The van der Waals surface area contributed by atoms with Crippen LogP contribution in [0, 0.1) is 6.92 Å². The summed E-state index contributed by atoms with van der Waals surface area (Å²) in [6.45, 7) is 2.03. The molecule has 1 atom stereocenters. The Morgan fingerprint density at radius 3 is 2.75 bits per heavy atom. The molecule has 0 spiro atoms. The van der Waals surface area contributed by atoms with Gasteiger partial charge in [0.2, 0.25) is 5.82 Å². The number of anilines is 1. The molecular weight excluding hydrogens is 306 g/mol. The van der Waals surface area contributed by atoms with Crippen LogP contribution in [-0.2, 0) is 6.42 Å². The smallest absolute Gasteiger partial charge is 0.268 e. The summed E-state index contributed by atoms with van der Waals surface area (Å²) in [6.07, 6.45) is 3.79. The van der Waals surface area contributed by atoms with E-state index < -0.39 is 0 Å². The van der Waals surface area contributed by atoms with Crippen molar-refractivity contribution in [1.29, 1.82) is 0 Å². The van der Waals surface area contributed by atoms with Gasteiger partial charge in [0.1, 0.15) is 17.3 Å². The van der Waals surface area contributed by atoms with E-state index >= 15 is 0 Å². The molecule has 7 heteroatoms. The molecule has 3 heterocycles. The van der Waals surface area contributed by atoms with Crippen LogP contribution in [-0.4, -0.2) is 34.2 Å². The van der Waals surface area contributed by atoms with Gasteiger partial charge in [-0.1, -0.05) is 23.4 Å². The lowest BCUT2D eigenvalue weighted by molar-refractivity contribution is 0.182. The van der Waals surface area contributed by atoms with Crippen LogP contribution in [0.25, 0.3) is 11.5 Å². The van der Waals surface area contributed by atoms with Gasteiger partial charge >= 0.3 is 0 Å². The third-order valence-corrected chi connectivity index (χ3v) is 4.00. The average molecular weight is 323 g/mol. The van der Waals surface area contributed by atoms with E-state index in [-0.39, 0.29) is 6.10 Å². The number of benzene rings is 1. The molecular formula is C17H17N5O2. The van der Waals surface area contributed by atoms with Gasteiger partial charge in [-0.25, -0.2) is 9.97 Å². The van der Waals surface area contributed by atoms with Gasteiger partial charge in [-0.3, -0.25) is 0 Å². The van der Waals surface area contributed by atoms with E-state index in [1.54, 1.807) is 12.4 Å². The van der Waals surface area contributed by atoms with Crippen molar-refractivity contribution in [3.8, 4) is 17.3 Å². The first kappa shape index (κ1) is 14.6. The van der Waals surface area contributed by atoms with Gasteiger partial charge in [0.25, 0.3) is 5.89 Å². The molecule has 0 N–H and O–H groups in total. The number of hydrogen-bond acceptors (Lipinski definition) is 7. The molecule has 7 nitrogen and oxygen atoms in total. The van der Waals surface area contributed by atoms with Gasteiger partial charge in [0.05, 0.1) is 12.4 Å². The summed E-state index contributed by atoms with van der Waals surface area (Å²) in [5, 5.41) is 4.01. The highest BCUT2D eigenvalue weighted by Crippen LogP contribution is 2.38. The maximum absolute atomic E-state index is 5.98. The minimum absolute atomic E-state index is 0.253. The van der Waals surface area contributed by atoms with Crippen LogP contribution in [0.4, 0.5) is 5.82 Å². The van der Waals surface area contributed by atoms with Crippen molar-refractivity contribution in [3.05, 3.63) is 47.6 Å². The van der Waals surface area contributed by atoms with Crippen molar-refractivity contribution in [2.75, 3.05) is 19.0 Å². The van der Waals surface area contributed by atoms with E-state index in [9.17, 15) is 0 Å². The molecule has 0 radical (unpaired) electrons. The fourth-order valence-electron chi connectivity index (χ4n) is 2.70. The molecule has 1 unspecified atom stereocenters. The van der Waals surface area contributed by atoms with Crippen molar-refractivity contribution in [2.24, 2.45) is 0 Å². The second kappa shape index (κ2) is 5.59. The Morgan fingerprint density at radius 1 is 1.17 bits per heavy atom. The van der Waals surface area contributed by atoms with Crippen LogP contribution >= 0.6 is 0 Å². The number of aromatic nitrogens is 4. The van der Waals surface area contributed by atoms with Gasteiger partial charge in [-0.2, -0.15) is 4.98 Å². The predicted octanol–water partition coefficient (Wildman–Crippen LogP) is 2.58. The predicted molar refractivity (Wildman–Crippen MR) is 87.9 cm³/mol. The van der Waals surface area contributed by atoms with Gasteiger partial charge in [0.15, 0.2) is 6.10 Å². The first-order chi connectivity index (χ1) is 11.6. The molecule has 4 rings (SSSR count). The molecule has 1 aliphatic heterocycles. The van der Waals surface area contributed by atoms with Gasteiger partial charge < -0.3 is 14.2 Å². The highest BCUT2D eigenvalue weighted by atomic mass is 16.5. The van der Waals surface area contributed by atoms with Crippen molar-refractivity contribution < 1.29 is 9.26 Å². The van der Waals surface area contributed by atoms with E-state index in [4.69, 9.17) is 9.26 Å². The van der Waals surface area contributed by atoms with Gasteiger partial charge in [0, 0.05) is 20.5 Å². The SMILES string of the molecule is Cc1cccc2c1OC(c1nc(-c3cnc(N(C)C)cn3)no1)C2.